The minimum absolute atomic E-state index is 0.193. The summed E-state index contributed by atoms with van der Waals surface area (Å²) in [6, 6.07) is 5.76. The molecule has 6 nitrogen and oxygen atoms in total. The van der Waals surface area contributed by atoms with Crippen molar-refractivity contribution >= 4 is 5.71 Å². The van der Waals surface area contributed by atoms with Gasteiger partial charge >= 0.3 is 0 Å². The van der Waals surface area contributed by atoms with E-state index in [2.05, 4.69) is 20.1 Å². The van der Waals surface area contributed by atoms with Gasteiger partial charge < -0.3 is 4.98 Å². The van der Waals surface area contributed by atoms with E-state index in [-0.39, 0.29) is 11.4 Å². The second-order valence-electron chi connectivity index (χ2n) is 5.52. The first-order chi connectivity index (χ1) is 11.6. The number of aryl methyl sites for hydroxylation is 1. The second kappa shape index (κ2) is 6.66. The SMILES string of the molecule is CC(=NCCc1cnc[nH]1)c1c(C)[nH]n(-c2ccc(F)cc2)c1=O. The summed E-state index contributed by atoms with van der Waals surface area (Å²) in [5.41, 5.74) is 3.34. The molecule has 0 unspecified atom stereocenters. The van der Waals surface area contributed by atoms with Crippen LogP contribution < -0.4 is 5.56 Å². The van der Waals surface area contributed by atoms with Crippen LogP contribution in [0.1, 0.15) is 23.9 Å². The van der Waals surface area contributed by atoms with E-state index in [0.717, 1.165) is 17.8 Å². The van der Waals surface area contributed by atoms with Crippen molar-refractivity contribution in [3.63, 3.8) is 0 Å². The minimum atomic E-state index is -0.341. The third kappa shape index (κ3) is 3.19. The van der Waals surface area contributed by atoms with Crippen LogP contribution >= 0.6 is 0 Å². The number of aliphatic imine (C=N–C) groups is 1. The fraction of sp³-hybridized carbons (Fsp3) is 0.235. The number of imidazole rings is 1. The number of nitrogens with one attached hydrogen (secondary N) is 2. The molecule has 0 saturated carbocycles. The van der Waals surface area contributed by atoms with Crippen molar-refractivity contribution in [1.29, 1.82) is 0 Å². The molecule has 2 aromatic heterocycles. The summed E-state index contributed by atoms with van der Waals surface area (Å²) in [6.07, 6.45) is 4.12. The summed E-state index contributed by atoms with van der Waals surface area (Å²) in [4.78, 5) is 24.1. The van der Waals surface area contributed by atoms with Crippen LogP contribution in [0.15, 0.2) is 46.6 Å². The Morgan fingerprint density at radius 3 is 2.75 bits per heavy atom. The quantitative estimate of drug-likeness (QED) is 0.706. The lowest BCUT2D eigenvalue weighted by Gasteiger charge is -2.00. The topological polar surface area (TPSA) is 78.8 Å². The van der Waals surface area contributed by atoms with Crippen molar-refractivity contribution in [2.24, 2.45) is 4.99 Å². The summed E-state index contributed by atoms with van der Waals surface area (Å²) >= 11 is 0. The number of aromatic amines is 2. The lowest BCUT2D eigenvalue weighted by Crippen LogP contribution is -2.20. The van der Waals surface area contributed by atoms with E-state index in [1.807, 2.05) is 13.8 Å². The fourth-order valence-corrected chi connectivity index (χ4v) is 2.59. The van der Waals surface area contributed by atoms with Crippen molar-refractivity contribution in [2.75, 3.05) is 6.54 Å². The van der Waals surface area contributed by atoms with Gasteiger partial charge in [0.15, 0.2) is 0 Å². The molecule has 124 valence electrons. The first-order valence-electron chi connectivity index (χ1n) is 7.62. The molecule has 2 heterocycles. The molecular weight excluding hydrogens is 309 g/mol. The molecule has 0 aliphatic heterocycles. The molecule has 2 N–H and O–H groups in total. The first kappa shape index (κ1) is 15.9. The van der Waals surface area contributed by atoms with Crippen LogP contribution in [0.25, 0.3) is 5.69 Å². The average Bonchev–Trinajstić information content (AvgIpc) is 3.16. The van der Waals surface area contributed by atoms with E-state index in [4.69, 9.17) is 0 Å². The van der Waals surface area contributed by atoms with Gasteiger partial charge in [-0.2, -0.15) is 0 Å². The zero-order valence-corrected chi connectivity index (χ0v) is 13.5. The van der Waals surface area contributed by atoms with E-state index < -0.39 is 0 Å². The van der Waals surface area contributed by atoms with E-state index in [1.54, 1.807) is 24.7 Å². The predicted octanol–water partition coefficient (Wildman–Crippen LogP) is 2.39. The normalized spacial score (nSPS) is 11.9. The summed E-state index contributed by atoms with van der Waals surface area (Å²) in [5.74, 6) is -0.341. The number of H-pyrrole nitrogens is 2. The Kier molecular flexibility index (Phi) is 4.41. The molecular formula is C17H18FN5O. The van der Waals surface area contributed by atoms with Gasteiger partial charge in [-0.05, 0) is 38.1 Å². The van der Waals surface area contributed by atoms with Gasteiger partial charge in [-0.15, -0.1) is 0 Å². The number of aromatic nitrogens is 4. The molecule has 0 aliphatic carbocycles. The summed E-state index contributed by atoms with van der Waals surface area (Å²) in [5, 5.41) is 3.02. The molecule has 1 aromatic carbocycles. The van der Waals surface area contributed by atoms with Crippen LogP contribution in [0.5, 0.6) is 0 Å². The van der Waals surface area contributed by atoms with Gasteiger partial charge in [-0.1, -0.05) is 0 Å². The fourth-order valence-electron chi connectivity index (χ4n) is 2.59. The Labute approximate surface area is 138 Å². The first-order valence-corrected chi connectivity index (χ1v) is 7.62. The van der Waals surface area contributed by atoms with E-state index in [0.29, 0.717) is 23.5 Å². The third-order valence-corrected chi connectivity index (χ3v) is 3.80. The molecule has 0 spiro atoms. The molecule has 0 aliphatic rings. The van der Waals surface area contributed by atoms with Gasteiger partial charge in [0.25, 0.3) is 5.56 Å². The van der Waals surface area contributed by atoms with Gasteiger partial charge in [-0.3, -0.25) is 14.9 Å². The van der Waals surface area contributed by atoms with Crippen LogP contribution in [0, 0.1) is 12.7 Å². The Bertz CT molecular complexity index is 904. The highest BCUT2D eigenvalue weighted by atomic mass is 19.1. The number of halogens is 1. The Balaban J connectivity index is 1.85. The Morgan fingerprint density at radius 1 is 1.33 bits per heavy atom. The largest absolute Gasteiger partial charge is 0.348 e. The van der Waals surface area contributed by atoms with E-state index >= 15 is 0 Å². The Hall–Kier alpha value is -2.96. The molecule has 3 aromatic rings. The highest BCUT2D eigenvalue weighted by Crippen LogP contribution is 2.09. The van der Waals surface area contributed by atoms with Crippen LogP contribution in [-0.4, -0.2) is 32.0 Å². The zero-order valence-electron chi connectivity index (χ0n) is 13.5. The van der Waals surface area contributed by atoms with Gasteiger partial charge in [-0.25, -0.2) is 14.1 Å². The number of nitrogens with zero attached hydrogens (tertiary/aromatic N) is 3. The standard InChI is InChI=1S/C17H18FN5O/c1-11(20-8-7-14-9-19-10-21-14)16-12(2)22-23(17(16)24)15-5-3-13(18)4-6-15/h3-6,9-10,22H,7-8H2,1-2H3,(H,19,21). The molecule has 24 heavy (non-hydrogen) atoms. The Morgan fingerprint density at radius 2 is 2.08 bits per heavy atom. The molecule has 3 rings (SSSR count). The summed E-state index contributed by atoms with van der Waals surface area (Å²) in [6.45, 7) is 4.21. The van der Waals surface area contributed by atoms with E-state index in [1.165, 1.54) is 16.8 Å². The van der Waals surface area contributed by atoms with Gasteiger partial charge in [0.05, 0.1) is 17.6 Å². The smallest absolute Gasteiger partial charge is 0.280 e. The minimum Gasteiger partial charge on any atom is -0.348 e. The number of benzene rings is 1. The maximum atomic E-state index is 13.0. The predicted molar refractivity (Wildman–Crippen MR) is 90.5 cm³/mol. The lowest BCUT2D eigenvalue weighted by atomic mass is 10.2. The second-order valence-corrected chi connectivity index (χ2v) is 5.52. The molecule has 0 atom stereocenters. The van der Waals surface area contributed by atoms with Crippen molar-refractivity contribution in [2.45, 2.75) is 20.3 Å². The molecule has 0 bridgehead atoms. The molecule has 0 saturated heterocycles. The average molecular weight is 327 g/mol. The van der Waals surface area contributed by atoms with Crippen molar-refractivity contribution in [3.8, 4) is 5.69 Å². The van der Waals surface area contributed by atoms with Crippen LogP contribution in [0.2, 0.25) is 0 Å². The molecule has 7 heteroatoms. The van der Waals surface area contributed by atoms with Crippen LogP contribution in [-0.2, 0) is 6.42 Å². The van der Waals surface area contributed by atoms with Crippen LogP contribution in [0.3, 0.4) is 0 Å². The number of hydrogen-bond donors (Lipinski definition) is 2. The number of rotatable bonds is 5. The molecule has 0 radical (unpaired) electrons. The van der Waals surface area contributed by atoms with Crippen LogP contribution in [0.4, 0.5) is 4.39 Å². The van der Waals surface area contributed by atoms with Gasteiger partial charge in [0, 0.05) is 36.3 Å². The summed E-state index contributed by atoms with van der Waals surface area (Å²) in [7, 11) is 0. The summed E-state index contributed by atoms with van der Waals surface area (Å²) < 4.78 is 14.4. The highest BCUT2D eigenvalue weighted by Gasteiger charge is 2.14. The maximum Gasteiger partial charge on any atom is 0.280 e. The maximum absolute atomic E-state index is 13.0. The van der Waals surface area contributed by atoms with Gasteiger partial charge in [0.1, 0.15) is 5.82 Å². The molecule has 0 fully saturated rings. The monoisotopic (exact) mass is 327 g/mol. The third-order valence-electron chi connectivity index (χ3n) is 3.80. The number of hydrogen-bond acceptors (Lipinski definition) is 3. The lowest BCUT2D eigenvalue weighted by molar-refractivity contribution is 0.627. The van der Waals surface area contributed by atoms with Crippen molar-refractivity contribution < 1.29 is 4.39 Å². The highest BCUT2D eigenvalue weighted by molar-refractivity contribution is 5.99. The van der Waals surface area contributed by atoms with E-state index in [9.17, 15) is 9.18 Å². The van der Waals surface area contributed by atoms with Crippen molar-refractivity contribution in [1.82, 2.24) is 19.7 Å². The van der Waals surface area contributed by atoms with Gasteiger partial charge in [0.2, 0.25) is 0 Å². The molecule has 0 amide bonds. The zero-order chi connectivity index (χ0) is 17.1. The van der Waals surface area contributed by atoms with Crippen molar-refractivity contribution in [3.05, 3.63) is 69.9 Å².